The van der Waals surface area contributed by atoms with Crippen molar-refractivity contribution < 1.29 is 31.1 Å². The van der Waals surface area contributed by atoms with Crippen LogP contribution < -0.4 is 10.6 Å². The average molecular weight is 371 g/mol. The number of hydrogen-bond acceptors (Lipinski definition) is 2. The molecule has 0 bridgehead atoms. The molecule has 0 aromatic carbocycles. The summed E-state index contributed by atoms with van der Waals surface area (Å²) >= 11 is 0. The number of aromatic nitrogens is 2. The van der Waals surface area contributed by atoms with E-state index in [0.717, 1.165) is 10.6 Å². The third-order valence-electron chi connectivity index (χ3n) is 1.28. The Morgan fingerprint density at radius 1 is 1.36 bits per heavy atom. The number of hydrogen-bond donors (Lipinski definition) is 0. The third kappa shape index (κ3) is 2.77. The first-order valence-corrected chi connectivity index (χ1v) is 3.20. The molecule has 0 saturated heterocycles. The quantitative estimate of drug-likeness (QED) is 0.595. The maximum absolute atomic E-state index is 4.04. The topological polar surface area (TPSA) is 25.8 Å². The minimum Gasteiger partial charge on any atom is -0.341 e. The fourth-order valence-corrected chi connectivity index (χ4v) is 0.759. The van der Waals surface area contributed by atoms with Crippen molar-refractivity contribution in [1.82, 2.24) is 9.97 Å². The molecule has 1 aromatic heterocycles. The van der Waals surface area contributed by atoms with Gasteiger partial charge in [0, 0.05) is 37.4 Å². The van der Waals surface area contributed by atoms with Crippen molar-refractivity contribution in [2.75, 3.05) is 0 Å². The summed E-state index contributed by atoms with van der Waals surface area (Å²) < 4.78 is 0. The van der Waals surface area contributed by atoms with Gasteiger partial charge in [-0.15, -0.1) is 11.3 Å². The van der Waals surface area contributed by atoms with E-state index in [1.807, 2.05) is 26.0 Å². The molecule has 0 fully saturated rings. The Morgan fingerprint density at radius 2 is 2.09 bits per heavy atom. The molecule has 3 heteroatoms. The zero-order valence-corrected chi connectivity index (χ0v) is 10.8. The molecule has 0 unspecified atom stereocenters. The van der Waals surface area contributed by atoms with Gasteiger partial charge in [0.05, 0.1) is 0 Å². The smallest absolute Gasteiger partial charge is 0.0295 e. The molecule has 0 atom stereocenters. The van der Waals surface area contributed by atoms with E-state index < -0.39 is 0 Å². The van der Waals surface area contributed by atoms with E-state index in [0.29, 0.717) is 0 Å². The molecule has 0 N–H and O–H groups in total. The summed E-state index contributed by atoms with van der Waals surface area (Å²) in [6, 6.07) is 0. The van der Waals surface area contributed by atoms with E-state index in [4.69, 9.17) is 0 Å². The van der Waals surface area contributed by atoms with Crippen LogP contribution in [-0.2, 0) is 0 Å². The van der Waals surface area contributed by atoms with E-state index >= 15 is 0 Å². The first kappa shape index (κ1) is 10.9. The minimum atomic E-state index is 0. The van der Waals surface area contributed by atoms with Crippen molar-refractivity contribution in [3.05, 3.63) is 23.1 Å². The second kappa shape index (κ2) is 5.51. The van der Waals surface area contributed by atoms with Crippen molar-refractivity contribution in [1.29, 1.82) is 0 Å². The normalized spacial score (nSPS) is 12.9. The SMILES string of the molecule is C/C=c1\ncn[c-]\c1=C/C.[U]. The van der Waals surface area contributed by atoms with Crippen LogP contribution in [0.1, 0.15) is 13.8 Å². The molecule has 0 saturated carbocycles. The zero-order chi connectivity index (χ0) is 7.40. The second-order valence-electron chi connectivity index (χ2n) is 1.86. The van der Waals surface area contributed by atoms with Crippen LogP contribution >= 0.6 is 0 Å². The van der Waals surface area contributed by atoms with Crippen molar-refractivity contribution in [3.63, 3.8) is 0 Å². The van der Waals surface area contributed by atoms with E-state index in [1.165, 1.54) is 6.33 Å². The van der Waals surface area contributed by atoms with Gasteiger partial charge in [-0.3, -0.25) is 0 Å². The van der Waals surface area contributed by atoms with E-state index in [9.17, 15) is 0 Å². The predicted molar refractivity (Wildman–Crippen MR) is 40.4 cm³/mol. The van der Waals surface area contributed by atoms with E-state index in [1.54, 1.807) is 0 Å². The van der Waals surface area contributed by atoms with E-state index in [2.05, 4.69) is 16.2 Å². The van der Waals surface area contributed by atoms with Gasteiger partial charge in [-0.2, -0.15) is 6.08 Å². The van der Waals surface area contributed by atoms with Crippen molar-refractivity contribution in [2.45, 2.75) is 13.8 Å². The van der Waals surface area contributed by atoms with Crippen molar-refractivity contribution >= 4 is 12.2 Å². The van der Waals surface area contributed by atoms with E-state index in [-0.39, 0.29) is 31.1 Å². The predicted octanol–water partition coefficient (Wildman–Crippen LogP) is -0.122. The first-order valence-electron chi connectivity index (χ1n) is 3.20. The molecular weight excluding hydrogens is 362 g/mol. The van der Waals surface area contributed by atoms with Crippen LogP contribution in [-0.4, -0.2) is 9.97 Å². The molecule has 1 rings (SSSR count). The number of nitrogens with zero attached hydrogens (tertiary/aromatic N) is 2. The van der Waals surface area contributed by atoms with Gasteiger partial charge in [0.15, 0.2) is 0 Å². The van der Waals surface area contributed by atoms with Gasteiger partial charge < -0.3 is 9.97 Å². The molecule has 0 spiro atoms. The van der Waals surface area contributed by atoms with Gasteiger partial charge in [-0.25, -0.2) is 0 Å². The molecular formula is C8H9N2U-. The second-order valence-corrected chi connectivity index (χ2v) is 1.86. The summed E-state index contributed by atoms with van der Waals surface area (Å²) in [6.45, 7) is 3.89. The molecule has 0 aliphatic carbocycles. The van der Waals surface area contributed by atoms with Crippen molar-refractivity contribution in [2.24, 2.45) is 0 Å². The Bertz CT molecular complexity index is 286. The summed E-state index contributed by atoms with van der Waals surface area (Å²) in [4.78, 5) is 7.82. The number of rotatable bonds is 0. The summed E-state index contributed by atoms with van der Waals surface area (Å²) in [7, 11) is 0. The Morgan fingerprint density at radius 3 is 2.55 bits per heavy atom. The molecule has 11 heavy (non-hydrogen) atoms. The Balaban J connectivity index is 0.000001000. The summed E-state index contributed by atoms with van der Waals surface area (Å²) in [5, 5.41) is 1.91. The van der Waals surface area contributed by atoms with Gasteiger partial charge in [-0.1, -0.05) is 13.8 Å². The van der Waals surface area contributed by atoms with Crippen LogP contribution in [0, 0.1) is 37.3 Å². The van der Waals surface area contributed by atoms with Crippen LogP contribution in [0.4, 0.5) is 0 Å². The molecule has 0 aliphatic heterocycles. The Labute approximate surface area is 89.8 Å². The van der Waals surface area contributed by atoms with Gasteiger partial charge in [0.1, 0.15) is 0 Å². The first-order chi connectivity index (χ1) is 4.88. The molecule has 1 heterocycles. The van der Waals surface area contributed by atoms with Crippen molar-refractivity contribution in [3.8, 4) is 0 Å². The van der Waals surface area contributed by atoms with Gasteiger partial charge in [-0.05, 0) is 11.5 Å². The van der Waals surface area contributed by atoms with Gasteiger partial charge in [0.2, 0.25) is 0 Å². The van der Waals surface area contributed by atoms with Crippen LogP contribution in [0.15, 0.2) is 6.33 Å². The monoisotopic (exact) mass is 371 g/mol. The Kier molecular flexibility index (Phi) is 5.45. The minimum absolute atomic E-state index is 0. The molecule has 1 aromatic rings. The standard InChI is InChI=1S/C8H9N2.U/c1-3-7-5-9-6-10-8(7)4-2;/h3-4,6H,1-2H3;/q-1;/b7-3+,8-4-;. The third-order valence-corrected chi connectivity index (χ3v) is 1.28. The van der Waals surface area contributed by atoms with Gasteiger partial charge in [0.25, 0.3) is 0 Å². The molecule has 2 nitrogen and oxygen atoms in total. The maximum atomic E-state index is 4.04. The fourth-order valence-electron chi connectivity index (χ4n) is 0.759. The van der Waals surface area contributed by atoms with Gasteiger partial charge >= 0.3 is 0 Å². The summed E-state index contributed by atoms with van der Waals surface area (Å²) in [6.07, 6.45) is 8.22. The molecule has 0 radical (unpaired) electrons. The van der Waals surface area contributed by atoms with Crippen LogP contribution in [0.2, 0.25) is 0 Å². The average Bonchev–Trinajstić information content (AvgIpc) is 2.04. The van der Waals surface area contributed by atoms with Crippen LogP contribution in [0.5, 0.6) is 0 Å². The largest absolute Gasteiger partial charge is 0.341 e. The Hall–Kier alpha value is -0.128. The molecule has 0 aliphatic rings. The zero-order valence-electron chi connectivity index (χ0n) is 6.63. The van der Waals surface area contributed by atoms with Crippen LogP contribution in [0.3, 0.4) is 0 Å². The summed E-state index contributed by atoms with van der Waals surface area (Å²) in [5.74, 6) is 0. The molecule has 56 valence electrons. The maximum Gasteiger partial charge on any atom is 0.0295 e. The fraction of sp³-hybridized carbons (Fsp3) is 0.250. The van der Waals surface area contributed by atoms with Crippen LogP contribution in [0.25, 0.3) is 12.2 Å². The molecule has 0 amide bonds. The summed E-state index contributed by atoms with van der Waals surface area (Å²) in [5.41, 5.74) is 0.